The predicted octanol–water partition coefficient (Wildman–Crippen LogP) is 22.0. The number of aliphatic hydroxyl groups is 1. The highest BCUT2D eigenvalue weighted by molar-refractivity contribution is 7.47. The van der Waals surface area contributed by atoms with E-state index in [1.54, 1.807) is 0 Å². The van der Waals surface area contributed by atoms with Crippen LogP contribution < -0.4 is 0 Å². The van der Waals surface area contributed by atoms with Gasteiger partial charge in [0.15, 0.2) is 12.2 Å². The molecule has 0 amide bonds. The van der Waals surface area contributed by atoms with Gasteiger partial charge in [-0.05, 0) is 49.4 Å². The van der Waals surface area contributed by atoms with Crippen LogP contribution >= 0.6 is 15.6 Å². The summed E-state index contributed by atoms with van der Waals surface area (Å²) in [5.74, 6) is 0.861. The van der Waals surface area contributed by atoms with E-state index < -0.39 is 97.5 Å². The second-order valence-electron chi connectivity index (χ2n) is 29.3. The summed E-state index contributed by atoms with van der Waals surface area (Å²) in [5, 5.41) is 10.6. The Hall–Kier alpha value is -1.94. The van der Waals surface area contributed by atoms with Gasteiger partial charge in [-0.15, -0.1) is 0 Å². The Morgan fingerprint density at radius 3 is 0.653 bits per heavy atom. The first kappa shape index (κ1) is 93.1. The fourth-order valence-corrected chi connectivity index (χ4v) is 13.1. The first-order valence-corrected chi connectivity index (χ1v) is 42.2. The van der Waals surface area contributed by atoms with Gasteiger partial charge in [-0.2, -0.15) is 0 Å². The lowest BCUT2D eigenvalue weighted by molar-refractivity contribution is -0.161. The maximum atomic E-state index is 13.1. The average molecular weight is 1400 g/mol. The third-order valence-electron chi connectivity index (χ3n) is 17.6. The van der Waals surface area contributed by atoms with Crippen molar-refractivity contribution in [2.24, 2.45) is 23.7 Å². The Morgan fingerprint density at radius 1 is 0.263 bits per heavy atom. The lowest BCUT2D eigenvalue weighted by Crippen LogP contribution is -2.30. The molecule has 0 aromatic rings. The topological polar surface area (TPSA) is 237 Å². The molecule has 0 aromatic heterocycles. The molecule has 2 unspecified atom stereocenters. The van der Waals surface area contributed by atoms with Gasteiger partial charge in [0, 0.05) is 25.7 Å². The molecule has 0 bridgehead atoms. The smallest absolute Gasteiger partial charge is 0.462 e. The minimum absolute atomic E-state index is 0.104. The minimum atomic E-state index is -4.96. The van der Waals surface area contributed by atoms with Gasteiger partial charge in [0.25, 0.3) is 0 Å². The Morgan fingerprint density at radius 2 is 0.442 bits per heavy atom. The molecule has 0 aliphatic carbocycles. The first-order chi connectivity index (χ1) is 45.6. The highest BCUT2D eigenvalue weighted by atomic mass is 31.2. The van der Waals surface area contributed by atoms with E-state index in [-0.39, 0.29) is 25.7 Å². The molecule has 0 saturated carbocycles. The second kappa shape index (κ2) is 65.4. The van der Waals surface area contributed by atoms with Crippen molar-refractivity contribution >= 4 is 39.5 Å². The number of rotatable bonds is 73. The molecular formula is C76H148O17P2. The van der Waals surface area contributed by atoms with Crippen LogP contribution in [0, 0.1) is 23.7 Å². The molecule has 0 fully saturated rings. The molecule has 0 radical (unpaired) electrons. The van der Waals surface area contributed by atoms with Gasteiger partial charge in [0.1, 0.15) is 19.3 Å². The highest BCUT2D eigenvalue weighted by Crippen LogP contribution is 2.45. The standard InChI is InChI=1S/C76H148O17P2/c1-66(2)52-44-36-28-22-18-15-13-11-9-10-12-14-16-20-24-31-40-48-56-73(78)86-62-71(93-76(81)59-51-43-33-27-26-30-38-46-54-68(5)6)64-90-94(82,83)88-60-70(77)61-89-95(84,85)91-65-72(63-87-74(79)57-49-41-35-34-39-47-55-69(7)8)92-75(80)58-50-42-32-25-21-17-19-23-29-37-45-53-67(3)4/h66-72,77H,9-65H2,1-8H3,(H,82,83)(H,84,85)/t70-,71-,72-/m1/s1. The highest BCUT2D eigenvalue weighted by Gasteiger charge is 2.30. The fraction of sp³-hybridized carbons (Fsp3) is 0.947. The van der Waals surface area contributed by atoms with Crippen LogP contribution in [0.3, 0.4) is 0 Å². The normalized spacial score (nSPS) is 14.1. The van der Waals surface area contributed by atoms with Crippen molar-refractivity contribution in [3.63, 3.8) is 0 Å². The van der Waals surface area contributed by atoms with Gasteiger partial charge in [-0.25, -0.2) is 9.13 Å². The lowest BCUT2D eigenvalue weighted by atomic mass is 10.0. The summed E-state index contributed by atoms with van der Waals surface area (Å²) in [6.07, 6.45) is 50.3. The van der Waals surface area contributed by atoms with E-state index in [0.29, 0.717) is 31.6 Å². The number of carbonyl (C=O) groups excluding carboxylic acids is 4. The van der Waals surface area contributed by atoms with Crippen molar-refractivity contribution in [2.75, 3.05) is 39.6 Å². The van der Waals surface area contributed by atoms with Crippen molar-refractivity contribution in [1.29, 1.82) is 0 Å². The summed E-state index contributed by atoms with van der Waals surface area (Å²) in [6, 6.07) is 0. The van der Waals surface area contributed by atoms with Gasteiger partial charge in [-0.3, -0.25) is 37.3 Å². The number of hydrogen-bond donors (Lipinski definition) is 3. The van der Waals surface area contributed by atoms with Gasteiger partial charge in [0.2, 0.25) is 0 Å². The van der Waals surface area contributed by atoms with Crippen LogP contribution in [0.5, 0.6) is 0 Å². The fourth-order valence-electron chi connectivity index (χ4n) is 11.6. The molecule has 17 nitrogen and oxygen atoms in total. The van der Waals surface area contributed by atoms with Crippen LogP contribution in [0.2, 0.25) is 0 Å². The second-order valence-corrected chi connectivity index (χ2v) is 32.2. The summed E-state index contributed by atoms with van der Waals surface area (Å²) >= 11 is 0. The van der Waals surface area contributed by atoms with Crippen molar-refractivity contribution < 1.29 is 80.2 Å². The van der Waals surface area contributed by atoms with E-state index in [9.17, 15) is 43.2 Å². The first-order valence-electron chi connectivity index (χ1n) is 39.2. The van der Waals surface area contributed by atoms with E-state index >= 15 is 0 Å². The molecule has 564 valence electrons. The molecule has 95 heavy (non-hydrogen) atoms. The number of carbonyl (C=O) groups is 4. The summed E-state index contributed by atoms with van der Waals surface area (Å²) in [7, 11) is -9.91. The summed E-state index contributed by atoms with van der Waals surface area (Å²) in [4.78, 5) is 72.7. The van der Waals surface area contributed by atoms with Crippen molar-refractivity contribution in [3.8, 4) is 0 Å². The Bertz CT molecular complexity index is 1870. The number of phosphoric acid groups is 2. The van der Waals surface area contributed by atoms with Crippen molar-refractivity contribution in [2.45, 2.75) is 401 Å². The molecule has 0 saturated heterocycles. The zero-order chi connectivity index (χ0) is 70.3. The maximum Gasteiger partial charge on any atom is 0.472 e. The molecule has 0 aliphatic heterocycles. The molecule has 3 N–H and O–H groups in total. The lowest BCUT2D eigenvalue weighted by Gasteiger charge is -2.21. The molecule has 0 heterocycles. The monoisotopic (exact) mass is 1400 g/mol. The van der Waals surface area contributed by atoms with Crippen LogP contribution in [0.25, 0.3) is 0 Å². The molecule has 19 heteroatoms. The number of hydrogen-bond acceptors (Lipinski definition) is 15. The maximum absolute atomic E-state index is 13.1. The number of unbranched alkanes of at least 4 members (excludes halogenated alkanes) is 39. The largest absolute Gasteiger partial charge is 0.472 e. The summed E-state index contributed by atoms with van der Waals surface area (Å²) in [6.45, 7) is 14.1. The number of aliphatic hydroxyl groups excluding tert-OH is 1. The third kappa shape index (κ3) is 70.3. The Balaban J connectivity index is 5.15. The minimum Gasteiger partial charge on any atom is -0.462 e. The molecule has 0 rings (SSSR count). The van der Waals surface area contributed by atoms with Gasteiger partial charge in [0.05, 0.1) is 26.4 Å². The van der Waals surface area contributed by atoms with Gasteiger partial charge in [-0.1, -0.05) is 331 Å². The zero-order valence-electron chi connectivity index (χ0n) is 62.3. The molecular weight excluding hydrogens is 1250 g/mol. The summed E-state index contributed by atoms with van der Waals surface area (Å²) in [5.41, 5.74) is 0. The molecule has 0 aromatic carbocycles. The number of ether oxygens (including phenoxy) is 4. The Labute approximate surface area is 581 Å². The van der Waals surface area contributed by atoms with Crippen LogP contribution in [-0.4, -0.2) is 96.7 Å². The van der Waals surface area contributed by atoms with E-state index in [0.717, 1.165) is 114 Å². The quantitative estimate of drug-likeness (QED) is 0.0222. The zero-order valence-corrected chi connectivity index (χ0v) is 64.1. The van der Waals surface area contributed by atoms with Gasteiger partial charge < -0.3 is 33.8 Å². The van der Waals surface area contributed by atoms with E-state index in [4.69, 9.17) is 37.0 Å². The summed E-state index contributed by atoms with van der Waals surface area (Å²) < 4.78 is 68.4. The molecule has 0 spiro atoms. The van der Waals surface area contributed by atoms with Crippen LogP contribution in [-0.2, 0) is 65.4 Å². The third-order valence-corrected chi connectivity index (χ3v) is 19.5. The molecule has 5 atom stereocenters. The predicted molar refractivity (Wildman–Crippen MR) is 386 cm³/mol. The van der Waals surface area contributed by atoms with Crippen LogP contribution in [0.4, 0.5) is 0 Å². The van der Waals surface area contributed by atoms with Crippen molar-refractivity contribution in [1.82, 2.24) is 0 Å². The SMILES string of the molecule is CC(C)CCCCCCCCCCCCCCCCCCCCC(=O)OC[C@H](COP(=O)(O)OC[C@@H](O)COP(=O)(O)OC[C@@H](COC(=O)CCCCCCCCC(C)C)OC(=O)CCCCCCCCCCCCCC(C)C)OC(=O)CCCCCCCCCCC(C)C. The molecule has 0 aliphatic rings. The van der Waals surface area contributed by atoms with Crippen molar-refractivity contribution in [3.05, 3.63) is 0 Å². The van der Waals surface area contributed by atoms with Gasteiger partial charge >= 0.3 is 39.5 Å². The van der Waals surface area contributed by atoms with Crippen LogP contribution in [0.15, 0.2) is 0 Å². The van der Waals surface area contributed by atoms with E-state index in [2.05, 4.69) is 55.4 Å². The van der Waals surface area contributed by atoms with Crippen LogP contribution in [0.1, 0.15) is 383 Å². The number of esters is 4. The van der Waals surface area contributed by atoms with E-state index in [1.807, 2.05) is 0 Å². The Kier molecular flexibility index (Phi) is 64.0. The number of phosphoric ester groups is 2. The van der Waals surface area contributed by atoms with E-state index in [1.165, 1.54) is 180 Å². The average Bonchev–Trinajstić information content (AvgIpc) is 1.35.